The van der Waals surface area contributed by atoms with Gasteiger partial charge in [-0.05, 0) is 42.8 Å². The molecule has 3 heterocycles. The van der Waals surface area contributed by atoms with Gasteiger partial charge in [-0.15, -0.1) is 45.5 Å². The van der Waals surface area contributed by atoms with E-state index in [1.165, 1.54) is 41.8 Å². The molecule has 1 spiro atoms. The number of hydrogen-bond donors (Lipinski definition) is 1. The maximum atomic E-state index is 5.02. The minimum Gasteiger partial charge on any atom is -0.351 e. The van der Waals surface area contributed by atoms with Crippen molar-refractivity contribution in [2.24, 2.45) is 12.0 Å². The van der Waals surface area contributed by atoms with E-state index in [0.717, 1.165) is 30.7 Å². The Hall–Kier alpha value is -1.94. The topological polar surface area (TPSA) is 58.3 Å². The van der Waals surface area contributed by atoms with Gasteiger partial charge in [0.15, 0.2) is 11.8 Å². The molecule has 1 saturated carbocycles. The molecule has 6 nitrogen and oxygen atoms in total. The SMILES string of the molecule is Cc1nnc(CN=C(NCc2cccs2)N2CC3(CCCC3)c3ccccc32)n1C.I. The highest BCUT2D eigenvalue weighted by Crippen LogP contribution is 2.50. The predicted octanol–water partition coefficient (Wildman–Crippen LogP) is 4.78. The Labute approximate surface area is 204 Å². The van der Waals surface area contributed by atoms with E-state index in [2.05, 4.69) is 62.2 Å². The van der Waals surface area contributed by atoms with Crippen LogP contribution in [-0.2, 0) is 25.6 Å². The van der Waals surface area contributed by atoms with Gasteiger partial charge in [0.1, 0.15) is 12.4 Å². The van der Waals surface area contributed by atoms with E-state index >= 15 is 0 Å². The van der Waals surface area contributed by atoms with Gasteiger partial charge >= 0.3 is 0 Å². The lowest BCUT2D eigenvalue weighted by atomic mass is 9.81. The van der Waals surface area contributed by atoms with E-state index in [-0.39, 0.29) is 29.4 Å². The lowest BCUT2D eigenvalue weighted by Crippen LogP contribution is -2.43. The highest BCUT2D eigenvalue weighted by molar-refractivity contribution is 14.0. The molecule has 1 N–H and O–H groups in total. The van der Waals surface area contributed by atoms with E-state index in [9.17, 15) is 0 Å². The molecule has 2 aromatic heterocycles. The lowest BCUT2D eigenvalue weighted by Gasteiger charge is -2.27. The number of hydrogen-bond acceptors (Lipinski definition) is 4. The molecule has 0 saturated heterocycles. The van der Waals surface area contributed by atoms with E-state index < -0.39 is 0 Å². The first kappa shape index (κ1) is 22.3. The highest BCUT2D eigenvalue weighted by Gasteiger charge is 2.45. The van der Waals surface area contributed by atoms with Crippen LogP contribution in [0.25, 0.3) is 0 Å². The number of thiophene rings is 1. The third-order valence-electron chi connectivity index (χ3n) is 6.60. The number of fused-ring (bicyclic) bond motifs is 2. The molecule has 2 aliphatic rings. The number of nitrogens with zero attached hydrogens (tertiary/aromatic N) is 5. The second-order valence-electron chi connectivity index (χ2n) is 8.39. The second-order valence-corrected chi connectivity index (χ2v) is 9.42. The van der Waals surface area contributed by atoms with Crippen molar-refractivity contribution in [3.8, 4) is 0 Å². The summed E-state index contributed by atoms with van der Waals surface area (Å²) in [6.45, 7) is 4.26. The average molecular weight is 548 g/mol. The summed E-state index contributed by atoms with van der Waals surface area (Å²) in [5.41, 5.74) is 3.05. The molecule has 5 rings (SSSR count). The van der Waals surface area contributed by atoms with Gasteiger partial charge in [0.2, 0.25) is 0 Å². The van der Waals surface area contributed by atoms with Gasteiger partial charge in [-0.2, -0.15) is 0 Å². The van der Waals surface area contributed by atoms with Crippen LogP contribution in [0.4, 0.5) is 5.69 Å². The Bertz CT molecular complexity index is 1050. The standard InChI is InChI=1S/C23H28N6S.HI/c1-17-26-27-21(28(17)2)15-25-22(24-14-18-8-7-13-30-18)29-16-23(11-5-6-12-23)19-9-3-4-10-20(19)29;/h3-4,7-10,13H,5-6,11-12,14-16H2,1-2H3,(H,24,25);1H. The molecule has 0 unspecified atom stereocenters. The van der Waals surface area contributed by atoms with Crippen molar-refractivity contribution in [2.45, 2.75) is 51.1 Å². The first-order valence-corrected chi connectivity index (χ1v) is 11.6. The van der Waals surface area contributed by atoms with Crippen LogP contribution in [0.15, 0.2) is 46.8 Å². The molecule has 31 heavy (non-hydrogen) atoms. The number of guanidine groups is 1. The zero-order valence-electron chi connectivity index (χ0n) is 18.0. The van der Waals surface area contributed by atoms with Crippen LogP contribution < -0.4 is 10.2 Å². The smallest absolute Gasteiger partial charge is 0.199 e. The molecule has 1 aromatic carbocycles. The number of para-hydroxylation sites is 1. The largest absolute Gasteiger partial charge is 0.351 e. The zero-order chi connectivity index (χ0) is 20.6. The summed E-state index contributed by atoms with van der Waals surface area (Å²) in [5, 5.41) is 14.2. The summed E-state index contributed by atoms with van der Waals surface area (Å²) >= 11 is 1.77. The summed E-state index contributed by atoms with van der Waals surface area (Å²) < 4.78 is 2.01. The monoisotopic (exact) mass is 548 g/mol. The molecule has 0 bridgehead atoms. The summed E-state index contributed by atoms with van der Waals surface area (Å²) in [5.74, 6) is 2.72. The maximum Gasteiger partial charge on any atom is 0.199 e. The van der Waals surface area contributed by atoms with Gasteiger partial charge in [0, 0.05) is 29.6 Å². The zero-order valence-corrected chi connectivity index (χ0v) is 21.2. The quantitative estimate of drug-likeness (QED) is 0.290. The Balaban J connectivity index is 0.00000231. The van der Waals surface area contributed by atoms with Gasteiger partial charge in [-0.1, -0.05) is 37.1 Å². The number of halogens is 1. The van der Waals surface area contributed by atoms with Crippen molar-refractivity contribution in [3.05, 3.63) is 63.9 Å². The Morgan fingerprint density at radius 1 is 1.16 bits per heavy atom. The van der Waals surface area contributed by atoms with E-state index in [4.69, 9.17) is 4.99 Å². The van der Waals surface area contributed by atoms with E-state index in [1.54, 1.807) is 11.3 Å². The fourth-order valence-corrected chi connectivity index (χ4v) is 5.49. The van der Waals surface area contributed by atoms with Gasteiger partial charge in [0.05, 0.1) is 6.54 Å². The Morgan fingerprint density at radius 3 is 2.68 bits per heavy atom. The molecular weight excluding hydrogens is 519 g/mol. The predicted molar refractivity (Wildman–Crippen MR) is 137 cm³/mol. The van der Waals surface area contributed by atoms with Crippen LogP contribution in [-0.4, -0.2) is 27.3 Å². The van der Waals surface area contributed by atoms with Crippen LogP contribution in [0.1, 0.15) is 47.8 Å². The van der Waals surface area contributed by atoms with Crippen molar-refractivity contribution in [3.63, 3.8) is 0 Å². The van der Waals surface area contributed by atoms with Crippen molar-refractivity contribution in [1.29, 1.82) is 0 Å². The molecule has 8 heteroatoms. The molecular formula is C23H29IN6S. The second kappa shape index (κ2) is 9.28. The van der Waals surface area contributed by atoms with Crippen LogP contribution in [0, 0.1) is 6.92 Å². The summed E-state index contributed by atoms with van der Waals surface area (Å²) in [6.07, 6.45) is 5.16. The Kier molecular flexibility index (Phi) is 6.66. The summed E-state index contributed by atoms with van der Waals surface area (Å²) in [7, 11) is 2.00. The van der Waals surface area contributed by atoms with Crippen LogP contribution in [0.3, 0.4) is 0 Å². The first-order valence-electron chi connectivity index (χ1n) is 10.7. The van der Waals surface area contributed by atoms with Crippen molar-refractivity contribution in [2.75, 3.05) is 11.4 Å². The minimum absolute atomic E-state index is 0. The number of benzene rings is 1. The fourth-order valence-electron chi connectivity index (χ4n) is 4.85. The molecule has 0 atom stereocenters. The molecule has 0 radical (unpaired) electrons. The van der Waals surface area contributed by atoms with Crippen LogP contribution in [0.5, 0.6) is 0 Å². The molecule has 1 aliphatic carbocycles. The van der Waals surface area contributed by atoms with Crippen LogP contribution >= 0.6 is 35.3 Å². The molecule has 1 aliphatic heterocycles. The normalized spacial score (nSPS) is 17.1. The van der Waals surface area contributed by atoms with Gasteiger partial charge in [-0.3, -0.25) is 0 Å². The lowest BCUT2D eigenvalue weighted by molar-refractivity contribution is 0.478. The highest BCUT2D eigenvalue weighted by atomic mass is 127. The average Bonchev–Trinajstić information content (AvgIpc) is 3.55. The minimum atomic E-state index is 0. The third kappa shape index (κ3) is 4.24. The maximum absolute atomic E-state index is 5.02. The first-order chi connectivity index (χ1) is 14.7. The third-order valence-corrected chi connectivity index (χ3v) is 7.47. The fraction of sp³-hybridized carbons (Fsp3) is 0.435. The van der Waals surface area contributed by atoms with Crippen molar-refractivity contribution < 1.29 is 0 Å². The molecule has 1 fully saturated rings. The van der Waals surface area contributed by atoms with E-state index in [0.29, 0.717) is 6.54 Å². The van der Waals surface area contributed by atoms with Crippen molar-refractivity contribution in [1.82, 2.24) is 20.1 Å². The van der Waals surface area contributed by atoms with Crippen molar-refractivity contribution >= 4 is 47.0 Å². The summed E-state index contributed by atoms with van der Waals surface area (Å²) in [6, 6.07) is 13.2. The van der Waals surface area contributed by atoms with Crippen LogP contribution in [0.2, 0.25) is 0 Å². The molecule has 0 amide bonds. The molecule has 164 valence electrons. The van der Waals surface area contributed by atoms with Gasteiger partial charge in [0.25, 0.3) is 0 Å². The van der Waals surface area contributed by atoms with E-state index in [1.807, 2.05) is 18.5 Å². The number of rotatable bonds is 4. The number of nitrogens with one attached hydrogen (secondary N) is 1. The number of anilines is 1. The Morgan fingerprint density at radius 2 is 1.97 bits per heavy atom. The number of aryl methyl sites for hydroxylation is 1. The van der Waals surface area contributed by atoms with Gasteiger partial charge in [-0.25, -0.2) is 4.99 Å². The van der Waals surface area contributed by atoms with Gasteiger partial charge < -0.3 is 14.8 Å². The summed E-state index contributed by atoms with van der Waals surface area (Å²) in [4.78, 5) is 8.72. The molecule has 3 aromatic rings. The number of aromatic nitrogens is 3. The number of aliphatic imine (C=N–C) groups is 1.